The Bertz CT molecular complexity index is 111. The Balaban J connectivity index is 3.29. The molecular formula is C9H21NO3. The summed E-state index contributed by atoms with van der Waals surface area (Å²) >= 11 is 0. The molecule has 0 radical (unpaired) electrons. The molecule has 0 aliphatic carbocycles. The zero-order valence-corrected chi connectivity index (χ0v) is 8.75. The van der Waals surface area contributed by atoms with E-state index in [1.54, 1.807) is 7.11 Å². The van der Waals surface area contributed by atoms with Crippen molar-refractivity contribution in [3.8, 4) is 0 Å². The van der Waals surface area contributed by atoms with E-state index in [4.69, 9.17) is 9.47 Å². The van der Waals surface area contributed by atoms with Gasteiger partial charge in [-0.1, -0.05) is 0 Å². The van der Waals surface area contributed by atoms with Gasteiger partial charge < -0.3 is 19.9 Å². The van der Waals surface area contributed by atoms with Gasteiger partial charge in [-0.2, -0.15) is 0 Å². The highest BCUT2D eigenvalue weighted by molar-refractivity contribution is 4.63. The Kier molecular flexibility index (Phi) is 8.33. The second-order valence-electron chi connectivity index (χ2n) is 3.08. The predicted molar refractivity (Wildman–Crippen MR) is 51.8 cm³/mol. The quantitative estimate of drug-likeness (QED) is 0.567. The van der Waals surface area contributed by atoms with E-state index in [0.717, 1.165) is 6.61 Å². The average molecular weight is 191 g/mol. The fraction of sp³-hybridized carbons (Fsp3) is 1.00. The molecule has 2 unspecified atom stereocenters. The summed E-state index contributed by atoms with van der Waals surface area (Å²) in [5.74, 6) is 0. The maximum Gasteiger partial charge on any atom is 0.0897 e. The highest BCUT2D eigenvalue weighted by atomic mass is 16.5. The lowest BCUT2D eigenvalue weighted by atomic mass is 10.3. The van der Waals surface area contributed by atoms with Gasteiger partial charge in [0.05, 0.1) is 19.3 Å². The number of rotatable bonds is 8. The van der Waals surface area contributed by atoms with Gasteiger partial charge in [0.25, 0.3) is 0 Å². The molecule has 0 aliphatic rings. The summed E-state index contributed by atoms with van der Waals surface area (Å²) in [4.78, 5) is 0. The van der Waals surface area contributed by atoms with Crippen LogP contribution in [0.2, 0.25) is 0 Å². The molecule has 4 heteroatoms. The molecule has 2 atom stereocenters. The predicted octanol–water partition coefficient (Wildman–Crippen LogP) is 0.00830. The second kappa shape index (κ2) is 8.44. The van der Waals surface area contributed by atoms with E-state index < -0.39 is 6.10 Å². The van der Waals surface area contributed by atoms with Crippen LogP contribution in [0.5, 0.6) is 0 Å². The molecule has 0 spiro atoms. The first-order valence-corrected chi connectivity index (χ1v) is 4.68. The van der Waals surface area contributed by atoms with Crippen molar-refractivity contribution in [1.29, 1.82) is 0 Å². The lowest BCUT2D eigenvalue weighted by Crippen LogP contribution is -2.38. The normalized spacial score (nSPS) is 15.7. The molecule has 13 heavy (non-hydrogen) atoms. The minimum absolute atomic E-state index is 0.270. The van der Waals surface area contributed by atoms with E-state index in [1.165, 1.54) is 0 Å². The Hall–Kier alpha value is -0.160. The molecule has 0 aromatic rings. The molecule has 0 bridgehead atoms. The molecule has 0 amide bonds. The Morgan fingerprint density at radius 1 is 1.38 bits per heavy atom. The summed E-state index contributed by atoms with van der Waals surface area (Å²) in [7, 11) is 1.58. The summed E-state index contributed by atoms with van der Waals surface area (Å²) in [6.07, 6.45) is -0.436. The van der Waals surface area contributed by atoms with Crippen LogP contribution in [0.4, 0.5) is 0 Å². The standard InChI is InChI=1S/C9H21NO3/c1-4-13-6-8(2)10-5-9(11)7-12-3/h8-11H,4-7H2,1-3H3. The van der Waals surface area contributed by atoms with Gasteiger partial charge >= 0.3 is 0 Å². The first-order chi connectivity index (χ1) is 6.20. The number of nitrogens with one attached hydrogen (secondary N) is 1. The van der Waals surface area contributed by atoms with E-state index in [1.807, 2.05) is 13.8 Å². The Morgan fingerprint density at radius 3 is 2.62 bits per heavy atom. The van der Waals surface area contributed by atoms with Gasteiger partial charge in [-0.05, 0) is 13.8 Å². The fourth-order valence-electron chi connectivity index (χ4n) is 0.942. The zero-order chi connectivity index (χ0) is 10.1. The topological polar surface area (TPSA) is 50.7 Å². The van der Waals surface area contributed by atoms with Crippen LogP contribution in [0.15, 0.2) is 0 Å². The Labute approximate surface area is 80.2 Å². The van der Waals surface area contributed by atoms with Gasteiger partial charge in [0.15, 0.2) is 0 Å². The van der Waals surface area contributed by atoms with Gasteiger partial charge in [0.1, 0.15) is 0 Å². The number of ether oxygens (including phenoxy) is 2. The molecule has 80 valence electrons. The van der Waals surface area contributed by atoms with Gasteiger partial charge in [-0.3, -0.25) is 0 Å². The SMILES string of the molecule is CCOCC(C)NCC(O)COC. The Morgan fingerprint density at radius 2 is 2.08 bits per heavy atom. The maximum atomic E-state index is 9.30. The van der Waals surface area contributed by atoms with Gasteiger partial charge in [0, 0.05) is 26.3 Å². The smallest absolute Gasteiger partial charge is 0.0897 e. The summed E-state index contributed by atoms with van der Waals surface area (Å²) in [6, 6.07) is 0.270. The molecule has 0 fully saturated rings. The van der Waals surface area contributed by atoms with E-state index in [-0.39, 0.29) is 6.04 Å². The molecule has 0 aromatic carbocycles. The largest absolute Gasteiger partial charge is 0.389 e. The highest BCUT2D eigenvalue weighted by Gasteiger charge is 2.05. The summed E-state index contributed by atoms with van der Waals surface area (Å²) in [5, 5.41) is 12.4. The summed E-state index contributed by atoms with van der Waals surface area (Å²) < 4.78 is 10.0. The first-order valence-electron chi connectivity index (χ1n) is 4.68. The van der Waals surface area contributed by atoms with Crippen molar-refractivity contribution >= 4 is 0 Å². The molecule has 4 nitrogen and oxygen atoms in total. The molecule has 0 heterocycles. The fourth-order valence-corrected chi connectivity index (χ4v) is 0.942. The molecular weight excluding hydrogens is 170 g/mol. The van der Waals surface area contributed by atoms with Crippen LogP contribution in [0, 0.1) is 0 Å². The monoisotopic (exact) mass is 191 g/mol. The van der Waals surface area contributed by atoms with Gasteiger partial charge in [-0.25, -0.2) is 0 Å². The molecule has 0 aliphatic heterocycles. The van der Waals surface area contributed by atoms with Crippen molar-refractivity contribution in [2.75, 3.05) is 33.5 Å². The van der Waals surface area contributed by atoms with E-state index in [0.29, 0.717) is 19.8 Å². The minimum atomic E-state index is -0.436. The number of aliphatic hydroxyl groups is 1. The van der Waals surface area contributed by atoms with Crippen LogP contribution in [-0.4, -0.2) is 50.7 Å². The second-order valence-corrected chi connectivity index (χ2v) is 3.08. The number of aliphatic hydroxyl groups excluding tert-OH is 1. The lowest BCUT2D eigenvalue weighted by Gasteiger charge is -2.16. The van der Waals surface area contributed by atoms with Crippen LogP contribution >= 0.6 is 0 Å². The lowest BCUT2D eigenvalue weighted by molar-refractivity contribution is 0.0583. The van der Waals surface area contributed by atoms with Crippen LogP contribution in [0.3, 0.4) is 0 Å². The number of methoxy groups -OCH3 is 1. The maximum absolute atomic E-state index is 9.30. The van der Waals surface area contributed by atoms with E-state index >= 15 is 0 Å². The third kappa shape index (κ3) is 8.18. The number of hydrogen-bond donors (Lipinski definition) is 2. The third-order valence-corrected chi connectivity index (χ3v) is 1.63. The van der Waals surface area contributed by atoms with Crippen LogP contribution in [0.25, 0.3) is 0 Å². The van der Waals surface area contributed by atoms with Crippen molar-refractivity contribution < 1.29 is 14.6 Å². The van der Waals surface area contributed by atoms with Gasteiger partial charge in [0.2, 0.25) is 0 Å². The van der Waals surface area contributed by atoms with Crippen molar-refractivity contribution in [2.45, 2.75) is 26.0 Å². The van der Waals surface area contributed by atoms with Crippen molar-refractivity contribution in [1.82, 2.24) is 5.32 Å². The van der Waals surface area contributed by atoms with Crippen molar-refractivity contribution in [2.24, 2.45) is 0 Å². The molecule has 0 saturated carbocycles. The van der Waals surface area contributed by atoms with E-state index in [9.17, 15) is 5.11 Å². The molecule has 2 N–H and O–H groups in total. The van der Waals surface area contributed by atoms with Crippen LogP contribution in [-0.2, 0) is 9.47 Å². The van der Waals surface area contributed by atoms with Crippen LogP contribution < -0.4 is 5.32 Å². The number of hydrogen-bond acceptors (Lipinski definition) is 4. The van der Waals surface area contributed by atoms with E-state index in [2.05, 4.69) is 5.32 Å². The summed E-state index contributed by atoms with van der Waals surface area (Å²) in [5.41, 5.74) is 0. The van der Waals surface area contributed by atoms with Crippen LogP contribution in [0.1, 0.15) is 13.8 Å². The summed E-state index contributed by atoms with van der Waals surface area (Å²) in [6.45, 7) is 6.31. The highest BCUT2D eigenvalue weighted by Crippen LogP contribution is 1.87. The van der Waals surface area contributed by atoms with Gasteiger partial charge in [-0.15, -0.1) is 0 Å². The average Bonchev–Trinajstić information content (AvgIpc) is 2.12. The minimum Gasteiger partial charge on any atom is -0.389 e. The molecule has 0 saturated heterocycles. The molecule has 0 aromatic heterocycles. The first kappa shape index (κ1) is 12.8. The third-order valence-electron chi connectivity index (χ3n) is 1.63. The molecule has 0 rings (SSSR count). The van der Waals surface area contributed by atoms with Crippen molar-refractivity contribution in [3.63, 3.8) is 0 Å². The van der Waals surface area contributed by atoms with Crippen molar-refractivity contribution in [3.05, 3.63) is 0 Å². The zero-order valence-electron chi connectivity index (χ0n) is 8.75.